The van der Waals surface area contributed by atoms with Crippen LogP contribution in [-0.4, -0.2) is 24.5 Å². The number of nitrogens with zero attached hydrogens (tertiary/aromatic N) is 1. The third-order valence-corrected chi connectivity index (χ3v) is 6.31. The Kier molecular flexibility index (Phi) is 5.22. The van der Waals surface area contributed by atoms with E-state index >= 15 is 0 Å². The van der Waals surface area contributed by atoms with Crippen molar-refractivity contribution in [1.29, 1.82) is 0 Å². The molecule has 0 radical (unpaired) electrons. The molecule has 0 amide bonds. The van der Waals surface area contributed by atoms with E-state index in [1.165, 1.54) is 69.3 Å². The zero-order valence-electron chi connectivity index (χ0n) is 15.6. The zero-order chi connectivity index (χ0) is 17.1. The van der Waals surface area contributed by atoms with Crippen molar-refractivity contribution < 1.29 is 0 Å². The molecule has 1 aliphatic heterocycles. The molecule has 0 saturated carbocycles. The number of hydrogen-bond donors (Lipinski definition) is 0. The van der Waals surface area contributed by atoms with Gasteiger partial charge in [0.2, 0.25) is 0 Å². The molecule has 1 saturated heterocycles. The van der Waals surface area contributed by atoms with Gasteiger partial charge in [-0.1, -0.05) is 74.7 Å². The van der Waals surface area contributed by atoms with Crippen LogP contribution in [0.2, 0.25) is 0 Å². The highest BCUT2D eigenvalue weighted by Crippen LogP contribution is 2.50. The number of unbranched alkanes of at least 4 members (excludes halogenated alkanes) is 3. The summed E-state index contributed by atoms with van der Waals surface area (Å²) in [6.07, 6.45) is 8.21. The average molecular weight is 334 g/mol. The molecule has 1 heterocycles. The molecule has 1 heteroatoms. The molecule has 0 bridgehead atoms. The van der Waals surface area contributed by atoms with Crippen LogP contribution in [0, 0.1) is 5.92 Å². The van der Waals surface area contributed by atoms with Gasteiger partial charge < -0.3 is 4.90 Å². The Morgan fingerprint density at radius 2 is 1.40 bits per heavy atom. The molecular weight excluding hydrogens is 302 g/mol. The Hall–Kier alpha value is -1.60. The van der Waals surface area contributed by atoms with Crippen molar-refractivity contribution in [3.8, 4) is 11.1 Å². The minimum Gasteiger partial charge on any atom is -0.303 e. The molecule has 0 unspecified atom stereocenters. The molecule has 2 aromatic carbocycles. The number of benzene rings is 2. The molecule has 0 aromatic heterocycles. The van der Waals surface area contributed by atoms with E-state index < -0.39 is 0 Å². The largest absolute Gasteiger partial charge is 0.303 e. The minimum atomic E-state index is 0.620. The smallest absolute Gasteiger partial charge is 0.0131 e. The third-order valence-electron chi connectivity index (χ3n) is 6.31. The first kappa shape index (κ1) is 16.8. The Morgan fingerprint density at radius 3 is 2.00 bits per heavy atom. The van der Waals surface area contributed by atoms with Crippen molar-refractivity contribution in [3.05, 3.63) is 59.7 Å². The summed E-state index contributed by atoms with van der Waals surface area (Å²) >= 11 is 0. The highest BCUT2D eigenvalue weighted by molar-refractivity contribution is 5.78. The van der Waals surface area contributed by atoms with Gasteiger partial charge in [-0.2, -0.15) is 0 Å². The van der Waals surface area contributed by atoms with Crippen LogP contribution in [0.25, 0.3) is 11.1 Å². The number of hydrogen-bond acceptors (Lipinski definition) is 1. The zero-order valence-corrected chi connectivity index (χ0v) is 15.6. The van der Waals surface area contributed by atoms with Gasteiger partial charge in [0, 0.05) is 5.92 Å². The van der Waals surface area contributed by atoms with Crippen LogP contribution in [0.5, 0.6) is 0 Å². The summed E-state index contributed by atoms with van der Waals surface area (Å²) in [7, 11) is 0. The second kappa shape index (κ2) is 7.74. The maximum atomic E-state index is 2.71. The van der Waals surface area contributed by atoms with E-state index in [1.807, 2.05) is 0 Å². The van der Waals surface area contributed by atoms with Crippen LogP contribution in [0.1, 0.15) is 62.5 Å². The van der Waals surface area contributed by atoms with E-state index in [-0.39, 0.29) is 0 Å². The average Bonchev–Trinajstić information content (AvgIpc) is 3.00. The summed E-state index contributed by atoms with van der Waals surface area (Å²) in [6, 6.07) is 18.2. The number of fused-ring (bicyclic) bond motifs is 3. The Balaban J connectivity index is 1.45. The van der Waals surface area contributed by atoms with Gasteiger partial charge in [0.15, 0.2) is 0 Å². The number of likely N-dealkylation sites (tertiary alicyclic amines) is 1. The van der Waals surface area contributed by atoms with Gasteiger partial charge in [0.05, 0.1) is 0 Å². The predicted molar refractivity (Wildman–Crippen MR) is 107 cm³/mol. The highest BCUT2D eigenvalue weighted by Gasteiger charge is 2.35. The summed E-state index contributed by atoms with van der Waals surface area (Å²) in [5, 5.41) is 0. The van der Waals surface area contributed by atoms with Crippen LogP contribution in [0.4, 0.5) is 0 Å². The van der Waals surface area contributed by atoms with Crippen LogP contribution in [0.3, 0.4) is 0 Å². The van der Waals surface area contributed by atoms with Gasteiger partial charge in [-0.05, 0) is 67.1 Å². The summed E-state index contributed by atoms with van der Waals surface area (Å²) in [6.45, 7) is 6.18. The summed E-state index contributed by atoms with van der Waals surface area (Å²) in [5.74, 6) is 1.42. The molecule has 1 fully saturated rings. The fourth-order valence-corrected chi connectivity index (χ4v) is 4.97. The minimum absolute atomic E-state index is 0.620. The molecular formula is C24H31N. The van der Waals surface area contributed by atoms with Crippen LogP contribution in [0.15, 0.2) is 48.5 Å². The lowest BCUT2D eigenvalue weighted by atomic mass is 9.78. The lowest BCUT2D eigenvalue weighted by molar-refractivity contribution is 0.173. The van der Waals surface area contributed by atoms with Crippen LogP contribution >= 0.6 is 0 Å². The topological polar surface area (TPSA) is 3.24 Å². The second-order valence-electron chi connectivity index (χ2n) is 7.89. The van der Waals surface area contributed by atoms with Crippen molar-refractivity contribution in [2.45, 2.75) is 51.4 Å². The quantitative estimate of drug-likeness (QED) is 0.578. The van der Waals surface area contributed by atoms with Crippen LogP contribution in [-0.2, 0) is 0 Å². The molecule has 2 aliphatic rings. The molecule has 1 nitrogen and oxygen atoms in total. The maximum Gasteiger partial charge on any atom is 0.0131 e. The molecule has 132 valence electrons. The first-order valence-electron chi connectivity index (χ1n) is 10.3. The fourth-order valence-electron chi connectivity index (χ4n) is 4.97. The Bertz CT molecular complexity index is 651. The van der Waals surface area contributed by atoms with Crippen molar-refractivity contribution in [1.82, 2.24) is 4.90 Å². The lowest BCUT2D eigenvalue weighted by Crippen LogP contribution is -2.36. The number of rotatable bonds is 6. The van der Waals surface area contributed by atoms with E-state index in [1.54, 1.807) is 11.1 Å². The molecule has 25 heavy (non-hydrogen) atoms. The molecule has 0 N–H and O–H groups in total. The Morgan fingerprint density at radius 1 is 0.800 bits per heavy atom. The van der Waals surface area contributed by atoms with Gasteiger partial charge in [-0.15, -0.1) is 0 Å². The molecule has 0 atom stereocenters. The third kappa shape index (κ3) is 3.40. The summed E-state index contributed by atoms with van der Waals surface area (Å²) < 4.78 is 0. The van der Waals surface area contributed by atoms with E-state index in [9.17, 15) is 0 Å². The van der Waals surface area contributed by atoms with Crippen molar-refractivity contribution >= 4 is 0 Å². The van der Waals surface area contributed by atoms with E-state index in [2.05, 4.69) is 60.4 Å². The Labute approximate surface area is 153 Å². The van der Waals surface area contributed by atoms with Gasteiger partial charge in [-0.3, -0.25) is 0 Å². The van der Waals surface area contributed by atoms with Crippen LogP contribution < -0.4 is 0 Å². The van der Waals surface area contributed by atoms with E-state index in [0.717, 1.165) is 5.92 Å². The monoisotopic (exact) mass is 333 g/mol. The SMILES string of the molecule is CCCCCCN1CCC(C2c3ccccc3-c3ccccc32)CC1. The normalized spacial score (nSPS) is 18.3. The maximum absolute atomic E-state index is 2.71. The first-order chi connectivity index (χ1) is 12.4. The standard InChI is InChI=1S/C24H31N/c1-2-3-4-9-16-25-17-14-19(15-18-25)24-22-12-7-5-10-20(22)21-11-6-8-13-23(21)24/h5-8,10-13,19,24H,2-4,9,14-18H2,1H3. The fraction of sp³-hybridized carbons (Fsp3) is 0.500. The summed E-state index contributed by atoms with van der Waals surface area (Å²) in [5.41, 5.74) is 6.10. The van der Waals surface area contributed by atoms with Gasteiger partial charge >= 0.3 is 0 Å². The predicted octanol–water partition coefficient (Wildman–Crippen LogP) is 6.09. The molecule has 2 aromatic rings. The van der Waals surface area contributed by atoms with Crippen molar-refractivity contribution in [2.24, 2.45) is 5.92 Å². The van der Waals surface area contributed by atoms with Gasteiger partial charge in [0.1, 0.15) is 0 Å². The highest BCUT2D eigenvalue weighted by atomic mass is 15.1. The van der Waals surface area contributed by atoms with Crippen molar-refractivity contribution in [3.63, 3.8) is 0 Å². The summed E-state index contributed by atoms with van der Waals surface area (Å²) in [4.78, 5) is 2.71. The van der Waals surface area contributed by atoms with Gasteiger partial charge in [-0.25, -0.2) is 0 Å². The number of piperidine rings is 1. The van der Waals surface area contributed by atoms with Gasteiger partial charge in [0.25, 0.3) is 0 Å². The first-order valence-corrected chi connectivity index (χ1v) is 10.3. The van der Waals surface area contributed by atoms with E-state index in [0.29, 0.717) is 5.92 Å². The lowest BCUT2D eigenvalue weighted by Gasteiger charge is -2.35. The molecule has 0 spiro atoms. The van der Waals surface area contributed by atoms with Crippen molar-refractivity contribution in [2.75, 3.05) is 19.6 Å². The molecule has 1 aliphatic carbocycles. The van der Waals surface area contributed by atoms with E-state index in [4.69, 9.17) is 0 Å². The second-order valence-corrected chi connectivity index (χ2v) is 7.89. The molecule has 4 rings (SSSR count).